The number of carbonyl (C=O) groups excluding carboxylic acids is 1. The van der Waals surface area contributed by atoms with Crippen LogP contribution in [0.2, 0.25) is 0 Å². The van der Waals surface area contributed by atoms with Gasteiger partial charge in [0.15, 0.2) is 0 Å². The molecule has 0 aliphatic rings. The predicted octanol–water partition coefficient (Wildman–Crippen LogP) is 4.33. The van der Waals surface area contributed by atoms with Gasteiger partial charge in [0.2, 0.25) is 0 Å². The van der Waals surface area contributed by atoms with Crippen LogP contribution in [0.15, 0.2) is 40.9 Å². The quantitative estimate of drug-likeness (QED) is 0.907. The maximum Gasteiger partial charge on any atom is 0.259 e. The molecule has 0 radical (unpaired) electrons. The Bertz CT molecular complexity index is 653. The average Bonchev–Trinajstić information content (AvgIpc) is 2.41. The molecule has 104 valence electrons. The van der Waals surface area contributed by atoms with Gasteiger partial charge in [-0.15, -0.1) is 0 Å². The zero-order valence-electron chi connectivity index (χ0n) is 11.7. The van der Waals surface area contributed by atoms with E-state index in [-0.39, 0.29) is 5.91 Å². The first-order valence-corrected chi connectivity index (χ1v) is 7.02. The minimum atomic E-state index is -0.170. The average molecular weight is 334 g/mol. The number of benzene rings is 2. The standard InChI is InChI=1S/C16H16BrNO2/c1-10-4-7-15(20-3)13(8-10)16(19)18-14-6-5-12(17)9-11(14)2/h4-9H,1-3H3,(H,18,19). The second-order valence-electron chi connectivity index (χ2n) is 4.62. The van der Waals surface area contributed by atoms with Gasteiger partial charge in [0.1, 0.15) is 5.75 Å². The van der Waals surface area contributed by atoms with E-state index in [1.54, 1.807) is 13.2 Å². The number of halogens is 1. The van der Waals surface area contributed by atoms with Crippen molar-refractivity contribution in [1.29, 1.82) is 0 Å². The van der Waals surface area contributed by atoms with E-state index in [0.717, 1.165) is 21.3 Å². The first-order chi connectivity index (χ1) is 9.51. The molecule has 0 aliphatic carbocycles. The normalized spacial score (nSPS) is 10.2. The molecule has 1 amide bonds. The molecule has 2 aromatic rings. The Labute approximate surface area is 127 Å². The molecule has 0 spiro atoms. The van der Waals surface area contributed by atoms with Crippen LogP contribution in [0, 0.1) is 13.8 Å². The van der Waals surface area contributed by atoms with Crippen LogP contribution in [0.3, 0.4) is 0 Å². The number of methoxy groups -OCH3 is 1. The zero-order chi connectivity index (χ0) is 14.7. The number of aryl methyl sites for hydroxylation is 2. The molecule has 20 heavy (non-hydrogen) atoms. The van der Waals surface area contributed by atoms with Crippen LogP contribution in [0.25, 0.3) is 0 Å². The molecule has 0 aromatic heterocycles. The lowest BCUT2D eigenvalue weighted by atomic mass is 10.1. The van der Waals surface area contributed by atoms with Crippen LogP contribution in [0.5, 0.6) is 5.75 Å². The van der Waals surface area contributed by atoms with Gasteiger partial charge in [-0.05, 0) is 49.7 Å². The van der Waals surface area contributed by atoms with Crippen LogP contribution < -0.4 is 10.1 Å². The van der Waals surface area contributed by atoms with Crippen molar-refractivity contribution in [3.05, 3.63) is 57.6 Å². The summed E-state index contributed by atoms with van der Waals surface area (Å²) in [4.78, 5) is 12.4. The maximum atomic E-state index is 12.4. The summed E-state index contributed by atoms with van der Waals surface area (Å²) in [6.45, 7) is 3.90. The highest BCUT2D eigenvalue weighted by atomic mass is 79.9. The van der Waals surface area contributed by atoms with E-state index in [9.17, 15) is 4.79 Å². The number of amides is 1. The SMILES string of the molecule is COc1ccc(C)cc1C(=O)Nc1ccc(Br)cc1C. The molecule has 4 heteroatoms. The van der Waals surface area contributed by atoms with Crippen molar-refractivity contribution in [3.63, 3.8) is 0 Å². The van der Waals surface area contributed by atoms with Crippen LogP contribution in [0.4, 0.5) is 5.69 Å². The molecule has 0 fully saturated rings. The highest BCUT2D eigenvalue weighted by molar-refractivity contribution is 9.10. The number of carbonyl (C=O) groups is 1. The summed E-state index contributed by atoms with van der Waals surface area (Å²) in [5, 5.41) is 2.92. The molecule has 0 heterocycles. The number of hydrogen-bond acceptors (Lipinski definition) is 2. The first-order valence-electron chi connectivity index (χ1n) is 6.23. The Morgan fingerprint density at radius 2 is 1.90 bits per heavy atom. The van der Waals surface area contributed by atoms with Crippen molar-refractivity contribution in [1.82, 2.24) is 0 Å². The van der Waals surface area contributed by atoms with Gasteiger partial charge in [-0.1, -0.05) is 27.6 Å². The summed E-state index contributed by atoms with van der Waals surface area (Å²) in [5.74, 6) is 0.402. The molecule has 0 saturated carbocycles. The van der Waals surface area contributed by atoms with Crippen molar-refractivity contribution in [2.75, 3.05) is 12.4 Å². The monoisotopic (exact) mass is 333 g/mol. The maximum absolute atomic E-state index is 12.4. The van der Waals surface area contributed by atoms with Crippen molar-refractivity contribution < 1.29 is 9.53 Å². The lowest BCUT2D eigenvalue weighted by Gasteiger charge is -2.12. The number of rotatable bonds is 3. The van der Waals surface area contributed by atoms with Crippen LogP contribution in [-0.2, 0) is 0 Å². The van der Waals surface area contributed by atoms with E-state index < -0.39 is 0 Å². The fourth-order valence-electron chi connectivity index (χ4n) is 1.96. The summed E-state index contributed by atoms with van der Waals surface area (Å²) >= 11 is 3.41. The van der Waals surface area contributed by atoms with Crippen molar-refractivity contribution in [2.24, 2.45) is 0 Å². The van der Waals surface area contributed by atoms with E-state index in [2.05, 4.69) is 21.2 Å². The van der Waals surface area contributed by atoms with E-state index >= 15 is 0 Å². The van der Waals surface area contributed by atoms with Gasteiger partial charge in [-0.2, -0.15) is 0 Å². The largest absolute Gasteiger partial charge is 0.496 e. The van der Waals surface area contributed by atoms with Crippen molar-refractivity contribution in [3.8, 4) is 5.75 Å². The van der Waals surface area contributed by atoms with E-state index in [1.807, 2.05) is 44.2 Å². The fourth-order valence-corrected chi connectivity index (χ4v) is 2.43. The number of nitrogens with one attached hydrogen (secondary N) is 1. The fraction of sp³-hybridized carbons (Fsp3) is 0.188. The summed E-state index contributed by atoms with van der Waals surface area (Å²) < 4.78 is 6.23. The summed E-state index contributed by atoms with van der Waals surface area (Å²) in [6.07, 6.45) is 0. The second-order valence-corrected chi connectivity index (χ2v) is 5.53. The summed E-state index contributed by atoms with van der Waals surface area (Å²) in [7, 11) is 1.56. The number of hydrogen-bond donors (Lipinski definition) is 1. The summed E-state index contributed by atoms with van der Waals surface area (Å²) in [6, 6.07) is 11.3. The predicted molar refractivity (Wildman–Crippen MR) is 84.6 cm³/mol. The molecule has 0 saturated heterocycles. The minimum Gasteiger partial charge on any atom is -0.496 e. The Balaban J connectivity index is 2.30. The molecule has 0 aliphatic heterocycles. The van der Waals surface area contributed by atoms with Gasteiger partial charge in [-0.3, -0.25) is 4.79 Å². The molecule has 2 rings (SSSR count). The second kappa shape index (κ2) is 6.09. The summed E-state index contributed by atoms with van der Waals surface area (Å²) in [5.41, 5.74) is 3.35. The highest BCUT2D eigenvalue weighted by Gasteiger charge is 2.13. The molecule has 3 nitrogen and oxygen atoms in total. The van der Waals surface area contributed by atoms with Gasteiger partial charge in [0.05, 0.1) is 12.7 Å². The van der Waals surface area contributed by atoms with Crippen LogP contribution >= 0.6 is 15.9 Å². The van der Waals surface area contributed by atoms with E-state index in [1.165, 1.54) is 0 Å². The van der Waals surface area contributed by atoms with Gasteiger partial charge >= 0.3 is 0 Å². The van der Waals surface area contributed by atoms with E-state index in [0.29, 0.717) is 11.3 Å². The van der Waals surface area contributed by atoms with Gasteiger partial charge in [0.25, 0.3) is 5.91 Å². The van der Waals surface area contributed by atoms with E-state index in [4.69, 9.17) is 4.74 Å². The Morgan fingerprint density at radius 3 is 2.55 bits per heavy atom. The highest BCUT2D eigenvalue weighted by Crippen LogP contribution is 2.24. The third-order valence-electron chi connectivity index (χ3n) is 3.04. The molecule has 1 N–H and O–H groups in total. The zero-order valence-corrected chi connectivity index (χ0v) is 13.2. The van der Waals surface area contributed by atoms with Crippen LogP contribution in [-0.4, -0.2) is 13.0 Å². The van der Waals surface area contributed by atoms with Crippen LogP contribution in [0.1, 0.15) is 21.5 Å². The number of anilines is 1. The van der Waals surface area contributed by atoms with Gasteiger partial charge < -0.3 is 10.1 Å². The lowest BCUT2D eigenvalue weighted by Crippen LogP contribution is -2.14. The third kappa shape index (κ3) is 3.20. The molecular formula is C16H16BrNO2. The number of ether oxygens (including phenoxy) is 1. The third-order valence-corrected chi connectivity index (χ3v) is 3.53. The molecular weight excluding hydrogens is 318 g/mol. The first kappa shape index (κ1) is 14.6. The lowest BCUT2D eigenvalue weighted by molar-refractivity contribution is 0.102. The van der Waals surface area contributed by atoms with Crippen molar-refractivity contribution in [2.45, 2.75) is 13.8 Å². The van der Waals surface area contributed by atoms with Crippen molar-refractivity contribution >= 4 is 27.5 Å². The van der Waals surface area contributed by atoms with Gasteiger partial charge in [0, 0.05) is 10.2 Å². The van der Waals surface area contributed by atoms with Gasteiger partial charge in [-0.25, -0.2) is 0 Å². The smallest absolute Gasteiger partial charge is 0.259 e. The Kier molecular flexibility index (Phi) is 4.45. The topological polar surface area (TPSA) is 38.3 Å². The molecule has 0 bridgehead atoms. The Morgan fingerprint density at radius 1 is 1.15 bits per heavy atom. The molecule has 0 atom stereocenters. The molecule has 0 unspecified atom stereocenters. The minimum absolute atomic E-state index is 0.170. The molecule has 2 aromatic carbocycles. The Hall–Kier alpha value is -1.81.